The van der Waals surface area contributed by atoms with Gasteiger partial charge in [-0.3, -0.25) is 14.7 Å². The summed E-state index contributed by atoms with van der Waals surface area (Å²) in [7, 11) is -4.94. The molecular weight excluding hydrogens is 655 g/mol. The Balaban J connectivity index is 1.55. The molecule has 0 spiro atoms. The van der Waals surface area contributed by atoms with Crippen molar-refractivity contribution in [3.05, 3.63) is 106 Å². The summed E-state index contributed by atoms with van der Waals surface area (Å²) in [5, 5.41) is 13.3. The lowest BCUT2D eigenvalue weighted by Gasteiger charge is -2.19. The Morgan fingerprint density at radius 3 is 2.30 bits per heavy atom. The van der Waals surface area contributed by atoms with Gasteiger partial charge in [-0.15, -0.1) is 0 Å². The van der Waals surface area contributed by atoms with E-state index in [2.05, 4.69) is 20.0 Å². The summed E-state index contributed by atoms with van der Waals surface area (Å²) in [4.78, 5) is 6.55. The number of aromatic nitrogens is 2. The smallest absolute Gasteiger partial charge is 0.200 e. The summed E-state index contributed by atoms with van der Waals surface area (Å²) in [5.41, 5.74) is 1.16. The lowest BCUT2D eigenvalue weighted by Crippen LogP contribution is -2.19. The Morgan fingerprint density at radius 2 is 1.67 bits per heavy atom. The fourth-order valence-electron chi connectivity index (χ4n) is 4.31. The van der Waals surface area contributed by atoms with Crippen LogP contribution in [0.2, 0.25) is 5.02 Å². The molecule has 2 aromatic heterocycles. The normalized spacial score (nSPS) is 12.3. The number of benzene rings is 3. The third-order valence-corrected chi connectivity index (χ3v) is 8.14. The molecule has 0 saturated heterocycles. The number of anilines is 3. The van der Waals surface area contributed by atoms with Gasteiger partial charge in [-0.1, -0.05) is 17.7 Å². The van der Waals surface area contributed by atoms with Crippen LogP contribution in [-0.2, 0) is 16.5 Å². The highest BCUT2D eigenvalue weighted by Gasteiger charge is 2.32. The number of rotatable bonds is 10. The first-order valence-electron chi connectivity index (χ1n) is 13.1. The zero-order chi connectivity index (χ0) is 33.2. The number of hydrogen-bond acceptors (Lipinski definition) is 8. The standard InChI is InChI=1S/C30H20ClF5N6O3S/c1-2-44-23-11-20-18(10-21(23)42-46(38,43)30-27(35)25(33)24(32)26(34)28(30)36)29(15(12-37)13-40-20)41-16-6-7-22(19(31)9-16)45-14-17-5-3-4-8-39-17/h3-11,13H,2,14H2,1H3,(H,40,41)(H2,38,42,43). The molecule has 16 heteroatoms. The van der Waals surface area contributed by atoms with E-state index in [0.29, 0.717) is 17.1 Å². The minimum atomic E-state index is -4.94. The quantitative estimate of drug-likeness (QED) is 0.0777. The minimum Gasteiger partial charge on any atom is -0.492 e. The fraction of sp³-hybridized carbons (Fsp3) is 0.100. The summed E-state index contributed by atoms with van der Waals surface area (Å²) in [6.45, 7) is 1.77. The van der Waals surface area contributed by atoms with Crippen LogP contribution in [0.25, 0.3) is 10.9 Å². The van der Waals surface area contributed by atoms with Gasteiger partial charge in [-0.25, -0.2) is 30.9 Å². The van der Waals surface area contributed by atoms with Crippen molar-refractivity contribution in [3.8, 4) is 17.6 Å². The number of nitriles is 1. The second kappa shape index (κ2) is 13.0. The molecule has 3 aromatic carbocycles. The molecule has 1 unspecified atom stereocenters. The Kier molecular flexibility index (Phi) is 9.12. The van der Waals surface area contributed by atoms with Gasteiger partial charge in [-0.05, 0) is 43.3 Å². The van der Waals surface area contributed by atoms with E-state index >= 15 is 0 Å². The van der Waals surface area contributed by atoms with Crippen molar-refractivity contribution in [1.29, 1.82) is 10.0 Å². The maximum absolute atomic E-state index is 14.5. The maximum atomic E-state index is 14.5. The van der Waals surface area contributed by atoms with Crippen molar-refractivity contribution >= 4 is 49.5 Å². The van der Waals surface area contributed by atoms with Gasteiger partial charge in [0.1, 0.15) is 29.1 Å². The third kappa shape index (κ3) is 6.30. The zero-order valence-electron chi connectivity index (χ0n) is 23.4. The molecule has 5 aromatic rings. The van der Waals surface area contributed by atoms with Crippen molar-refractivity contribution in [3.63, 3.8) is 0 Å². The number of pyridine rings is 2. The van der Waals surface area contributed by atoms with E-state index < -0.39 is 43.9 Å². The molecule has 5 rings (SSSR count). The third-order valence-electron chi connectivity index (χ3n) is 6.40. The fourth-order valence-corrected chi connectivity index (χ4v) is 5.80. The number of nitrogens with zero attached hydrogens (tertiary/aromatic N) is 3. The van der Waals surface area contributed by atoms with Gasteiger partial charge in [0.2, 0.25) is 5.82 Å². The lowest BCUT2D eigenvalue weighted by atomic mass is 10.1. The van der Waals surface area contributed by atoms with Gasteiger partial charge in [0.15, 0.2) is 33.2 Å². The molecule has 0 saturated carbocycles. The molecule has 0 bridgehead atoms. The van der Waals surface area contributed by atoms with Crippen molar-refractivity contribution in [2.45, 2.75) is 18.4 Å². The molecular formula is C30H20ClF5N6O3S. The van der Waals surface area contributed by atoms with Crippen LogP contribution in [0.5, 0.6) is 11.5 Å². The van der Waals surface area contributed by atoms with Crippen LogP contribution >= 0.6 is 11.6 Å². The van der Waals surface area contributed by atoms with Gasteiger partial charge in [0.25, 0.3) is 0 Å². The molecule has 0 amide bonds. The maximum Gasteiger partial charge on any atom is 0.200 e. The van der Waals surface area contributed by atoms with Crippen LogP contribution in [0.3, 0.4) is 0 Å². The molecule has 236 valence electrons. The van der Waals surface area contributed by atoms with Crippen molar-refractivity contribution in [1.82, 2.24) is 9.97 Å². The predicted molar refractivity (Wildman–Crippen MR) is 160 cm³/mol. The summed E-state index contributed by atoms with van der Waals surface area (Å²) < 4.78 is 105. The summed E-state index contributed by atoms with van der Waals surface area (Å²) in [6.07, 6.45) is 2.89. The van der Waals surface area contributed by atoms with E-state index in [1.54, 1.807) is 37.4 Å². The highest BCUT2D eigenvalue weighted by atomic mass is 35.5. The number of nitrogens with one attached hydrogen (secondary N) is 3. The Bertz CT molecular complexity index is 2100. The van der Waals surface area contributed by atoms with Crippen LogP contribution in [0.15, 0.2) is 65.8 Å². The van der Waals surface area contributed by atoms with Gasteiger partial charge < -0.3 is 14.8 Å². The van der Waals surface area contributed by atoms with Gasteiger partial charge in [0.05, 0.1) is 39.8 Å². The zero-order valence-corrected chi connectivity index (χ0v) is 25.0. The van der Waals surface area contributed by atoms with E-state index in [1.165, 1.54) is 24.4 Å². The topological polar surface area (TPSA) is 133 Å². The second-order valence-corrected chi connectivity index (χ2v) is 11.5. The molecule has 1 atom stereocenters. The molecule has 46 heavy (non-hydrogen) atoms. The van der Waals surface area contributed by atoms with Crippen LogP contribution in [0, 0.1) is 45.2 Å². The van der Waals surface area contributed by atoms with Gasteiger partial charge in [0, 0.05) is 29.5 Å². The van der Waals surface area contributed by atoms with Crippen LogP contribution < -0.4 is 19.5 Å². The Morgan fingerprint density at radius 1 is 0.957 bits per heavy atom. The van der Waals surface area contributed by atoms with E-state index in [4.69, 9.17) is 25.9 Å². The molecule has 0 aliphatic carbocycles. The predicted octanol–water partition coefficient (Wildman–Crippen LogP) is 8.00. The molecule has 0 fully saturated rings. The van der Waals surface area contributed by atoms with Crippen LogP contribution in [0.4, 0.5) is 39.0 Å². The average molecular weight is 675 g/mol. The van der Waals surface area contributed by atoms with Gasteiger partial charge >= 0.3 is 0 Å². The SMILES string of the molecule is CCOc1cc2ncc(C#N)c(Nc3ccc(OCc4ccccn4)c(Cl)c3)c2cc1NS(=N)(=O)c1c(F)c(F)c(F)c(F)c1F. The average Bonchev–Trinajstić information content (AvgIpc) is 3.03. The molecule has 2 heterocycles. The van der Waals surface area contributed by atoms with E-state index in [9.17, 15) is 31.4 Å². The highest BCUT2D eigenvalue weighted by Crippen LogP contribution is 2.39. The molecule has 3 N–H and O–H groups in total. The van der Waals surface area contributed by atoms with E-state index in [0.717, 1.165) is 0 Å². The van der Waals surface area contributed by atoms with E-state index in [1.807, 2.05) is 12.1 Å². The van der Waals surface area contributed by atoms with Crippen molar-refractivity contribution in [2.24, 2.45) is 0 Å². The Labute approximate surface area is 263 Å². The molecule has 0 radical (unpaired) electrons. The number of ether oxygens (including phenoxy) is 2. The highest BCUT2D eigenvalue weighted by molar-refractivity contribution is 7.93. The first-order valence-corrected chi connectivity index (χ1v) is 15.1. The van der Waals surface area contributed by atoms with Crippen molar-refractivity contribution in [2.75, 3.05) is 16.6 Å². The monoisotopic (exact) mass is 674 g/mol. The number of halogens is 6. The number of hydrogen-bond donors (Lipinski definition) is 3. The first kappa shape index (κ1) is 32.2. The second-order valence-electron chi connectivity index (χ2n) is 9.39. The summed E-state index contributed by atoms with van der Waals surface area (Å²) in [6, 6.07) is 14.6. The van der Waals surface area contributed by atoms with Crippen LogP contribution in [0.1, 0.15) is 18.2 Å². The van der Waals surface area contributed by atoms with Gasteiger partial charge in [-0.2, -0.15) is 5.26 Å². The molecule has 0 aliphatic heterocycles. The summed E-state index contributed by atoms with van der Waals surface area (Å²) >= 11 is 6.44. The van der Waals surface area contributed by atoms with E-state index in [-0.39, 0.29) is 51.8 Å². The van der Waals surface area contributed by atoms with Crippen LogP contribution in [-0.4, -0.2) is 20.8 Å². The Hall–Kier alpha value is -5.20. The number of fused-ring (bicyclic) bond motifs is 1. The molecule has 0 aliphatic rings. The molecule has 9 nitrogen and oxygen atoms in total. The first-order chi connectivity index (χ1) is 21.9. The summed E-state index contributed by atoms with van der Waals surface area (Å²) in [5.74, 6) is -11.8. The van der Waals surface area contributed by atoms with Crippen molar-refractivity contribution < 1.29 is 35.6 Å². The minimum absolute atomic E-state index is 0.0243. The lowest BCUT2D eigenvalue weighted by molar-refractivity contribution is 0.301. The largest absolute Gasteiger partial charge is 0.492 e.